The third-order valence-corrected chi connectivity index (χ3v) is 5.84. The summed E-state index contributed by atoms with van der Waals surface area (Å²) in [7, 11) is 0. The van der Waals surface area contributed by atoms with E-state index in [4.69, 9.17) is 11.6 Å². The fraction of sp³-hybridized carbons (Fsp3) is 0.348. The fourth-order valence-corrected chi connectivity index (χ4v) is 3.51. The number of carbonyl (C=O) groups excluding carboxylic acids is 1. The van der Waals surface area contributed by atoms with Crippen molar-refractivity contribution in [3.8, 4) is 0 Å². The summed E-state index contributed by atoms with van der Waals surface area (Å²) in [5.41, 5.74) is -2.47. The van der Waals surface area contributed by atoms with Gasteiger partial charge in [-0.1, -0.05) is 29.8 Å². The molecule has 0 aliphatic heterocycles. The minimum atomic E-state index is -5.01. The molecule has 0 bridgehead atoms. The van der Waals surface area contributed by atoms with E-state index in [-0.39, 0.29) is 22.7 Å². The first kappa shape index (κ1) is 25.1. The van der Waals surface area contributed by atoms with Gasteiger partial charge in [-0.05, 0) is 61.6 Å². The molecule has 1 unspecified atom stereocenters. The molecule has 1 amide bonds. The number of halogens is 8. The second-order valence-corrected chi connectivity index (χ2v) is 8.39. The SMILES string of the molecule is Cc1cc(C(C=C(F)c2ccc(C(=O)NC3CC3)c(C(F)(F)F)c2)C(F)(F)F)cc(C)c1Cl. The van der Waals surface area contributed by atoms with Gasteiger partial charge in [-0.3, -0.25) is 4.79 Å². The predicted molar refractivity (Wildman–Crippen MR) is 111 cm³/mol. The Balaban J connectivity index is 2.04. The Morgan fingerprint density at radius 3 is 2.12 bits per heavy atom. The average Bonchev–Trinajstić information content (AvgIpc) is 3.51. The van der Waals surface area contributed by atoms with E-state index in [1.807, 2.05) is 0 Å². The van der Waals surface area contributed by atoms with Crippen LogP contribution in [-0.2, 0) is 6.18 Å². The predicted octanol–water partition coefficient (Wildman–Crippen LogP) is 7.52. The van der Waals surface area contributed by atoms with Crippen LogP contribution in [0.25, 0.3) is 5.83 Å². The maximum absolute atomic E-state index is 14.9. The first-order valence-electron chi connectivity index (χ1n) is 9.91. The van der Waals surface area contributed by atoms with Crippen LogP contribution in [0.5, 0.6) is 0 Å². The molecule has 1 saturated carbocycles. The largest absolute Gasteiger partial charge is 0.417 e. The molecule has 2 nitrogen and oxygen atoms in total. The first-order chi connectivity index (χ1) is 15.2. The molecule has 0 heterocycles. The zero-order valence-corrected chi connectivity index (χ0v) is 18.2. The maximum Gasteiger partial charge on any atom is 0.417 e. The molecule has 33 heavy (non-hydrogen) atoms. The van der Waals surface area contributed by atoms with E-state index in [0.29, 0.717) is 30.0 Å². The van der Waals surface area contributed by atoms with Crippen LogP contribution in [-0.4, -0.2) is 18.1 Å². The number of amides is 1. The number of aryl methyl sites for hydroxylation is 2. The Bertz CT molecular complexity index is 1080. The summed E-state index contributed by atoms with van der Waals surface area (Å²) < 4.78 is 96.7. The van der Waals surface area contributed by atoms with E-state index in [2.05, 4.69) is 5.32 Å². The number of hydrogen-bond acceptors (Lipinski definition) is 1. The highest BCUT2D eigenvalue weighted by atomic mass is 35.5. The third-order valence-electron chi connectivity index (χ3n) is 5.24. The molecule has 1 fully saturated rings. The Morgan fingerprint density at radius 2 is 1.64 bits per heavy atom. The van der Waals surface area contributed by atoms with Gasteiger partial charge in [-0.25, -0.2) is 4.39 Å². The van der Waals surface area contributed by atoms with Crippen LogP contribution in [0.1, 0.15) is 56.9 Å². The van der Waals surface area contributed by atoms with E-state index < -0.39 is 46.7 Å². The molecule has 1 aliphatic rings. The second-order valence-electron chi connectivity index (χ2n) is 8.01. The van der Waals surface area contributed by atoms with E-state index in [9.17, 15) is 35.5 Å². The van der Waals surface area contributed by atoms with Gasteiger partial charge in [-0.15, -0.1) is 0 Å². The number of benzene rings is 2. The van der Waals surface area contributed by atoms with Crippen molar-refractivity contribution in [2.75, 3.05) is 0 Å². The molecule has 0 radical (unpaired) electrons. The van der Waals surface area contributed by atoms with Crippen molar-refractivity contribution in [1.29, 1.82) is 0 Å². The van der Waals surface area contributed by atoms with E-state index in [1.54, 1.807) is 0 Å². The van der Waals surface area contributed by atoms with Gasteiger partial charge in [0.2, 0.25) is 0 Å². The van der Waals surface area contributed by atoms with E-state index >= 15 is 0 Å². The highest BCUT2D eigenvalue weighted by molar-refractivity contribution is 6.32. The van der Waals surface area contributed by atoms with Gasteiger partial charge in [0.1, 0.15) is 11.7 Å². The van der Waals surface area contributed by atoms with Crippen molar-refractivity contribution in [2.45, 2.75) is 51.0 Å². The molecular weight excluding hydrogens is 475 g/mol. The Kier molecular flexibility index (Phi) is 6.84. The van der Waals surface area contributed by atoms with Gasteiger partial charge in [0.05, 0.1) is 11.1 Å². The quantitative estimate of drug-likeness (QED) is 0.429. The molecule has 0 spiro atoms. The van der Waals surface area contributed by atoms with Crippen LogP contribution < -0.4 is 5.32 Å². The van der Waals surface area contributed by atoms with Crippen molar-refractivity contribution < 1.29 is 35.5 Å². The smallest absolute Gasteiger partial charge is 0.349 e. The molecule has 10 heteroatoms. The lowest BCUT2D eigenvalue weighted by molar-refractivity contribution is -0.140. The molecule has 1 N–H and O–H groups in total. The minimum Gasteiger partial charge on any atom is -0.349 e. The number of allylic oxidation sites excluding steroid dienone is 1. The van der Waals surface area contributed by atoms with Crippen LogP contribution in [0.15, 0.2) is 36.4 Å². The Hall–Kier alpha value is -2.55. The number of hydrogen-bond donors (Lipinski definition) is 1. The van der Waals surface area contributed by atoms with Crippen molar-refractivity contribution in [3.63, 3.8) is 0 Å². The normalized spacial score (nSPS) is 16.0. The summed E-state index contributed by atoms with van der Waals surface area (Å²) in [5, 5.41) is 2.68. The number of alkyl halides is 6. The summed E-state index contributed by atoms with van der Waals surface area (Å²) in [6, 6.07) is 4.07. The van der Waals surface area contributed by atoms with Crippen LogP contribution in [0.3, 0.4) is 0 Å². The standard InChI is InChI=1S/C23H19ClF7NO/c1-11-7-14(8-12(2)20(11)24)17(22(26,27)28)10-19(25)13-3-6-16(18(9-13)23(29,30)31)21(33)32-15-4-5-15/h3,6-10,15,17H,4-5H2,1-2H3,(H,32,33). The summed E-state index contributed by atoms with van der Waals surface area (Å²) in [6.07, 6.45) is -8.42. The van der Waals surface area contributed by atoms with Gasteiger partial charge < -0.3 is 5.32 Å². The summed E-state index contributed by atoms with van der Waals surface area (Å²) in [4.78, 5) is 12.2. The minimum absolute atomic E-state index is 0.214. The third kappa shape index (κ3) is 5.88. The molecule has 1 aliphatic carbocycles. The van der Waals surface area contributed by atoms with Crippen LogP contribution in [0.2, 0.25) is 5.02 Å². The summed E-state index contributed by atoms with van der Waals surface area (Å²) in [5.74, 6) is -4.89. The molecule has 0 saturated heterocycles. The average molecular weight is 494 g/mol. The zero-order chi connectivity index (χ0) is 24.7. The fourth-order valence-electron chi connectivity index (χ4n) is 3.40. The Morgan fingerprint density at radius 1 is 1.06 bits per heavy atom. The van der Waals surface area contributed by atoms with Crippen molar-refractivity contribution >= 4 is 23.3 Å². The Labute approximate surface area is 190 Å². The molecule has 1 atom stereocenters. The number of nitrogens with one attached hydrogen (secondary N) is 1. The van der Waals surface area contributed by atoms with E-state index in [0.717, 1.165) is 24.3 Å². The van der Waals surface area contributed by atoms with Crippen molar-refractivity contribution in [2.24, 2.45) is 0 Å². The molecule has 178 valence electrons. The lowest BCUT2D eigenvalue weighted by Gasteiger charge is -2.20. The van der Waals surface area contributed by atoms with Crippen molar-refractivity contribution in [3.05, 3.63) is 74.8 Å². The summed E-state index contributed by atoms with van der Waals surface area (Å²) >= 11 is 6.00. The number of carbonyl (C=O) groups is 1. The monoisotopic (exact) mass is 493 g/mol. The van der Waals surface area contributed by atoms with Gasteiger partial charge >= 0.3 is 12.4 Å². The molecule has 2 aromatic rings. The number of rotatable bonds is 5. The van der Waals surface area contributed by atoms with Crippen LogP contribution in [0.4, 0.5) is 30.7 Å². The lowest BCUT2D eigenvalue weighted by atomic mass is 9.93. The van der Waals surface area contributed by atoms with Gasteiger partial charge in [0.15, 0.2) is 0 Å². The zero-order valence-electron chi connectivity index (χ0n) is 17.5. The first-order valence-corrected chi connectivity index (χ1v) is 10.3. The molecule has 3 rings (SSSR count). The molecule has 2 aromatic carbocycles. The van der Waals surface area contributed by atoms with Gasteiger partial charge in [0, 0.05) is 16.6 Å². The molecular formula is C23H19ClF7NO. The highest BCUT2D eigenvalue weighted by Gasteiger charge is 2.41. The lowest BCUT2D eigenvalue weighted by Crippen LogP contribution is -2.28. The van der Waals surface area contributed by atoms with Crippen LogP contribution >= 0.6 is 11.6 Å². The second kappa shape index (κ2) is 9.00. The topological polar surface area (TPSA) is 29.1 Å². The van der Waals surface area contributed by atoms with Crippen molar-refractivity contribution in [1.82, 2.24) is 5.32 Å². The summed E-state index contributed by atoms with van der Waals surface area (Å²) in [6.45, 7) is 2.99. The molecule has 0 aromatic heterocycles. The van der Waals surface area contributed by atoms with Gasteiger partial charge in [-0.2, -0.15) is 26.3 Å². The highest BCUT2D eigenvalue weighted by Crippen LogP contribution is 2.41. The van der Waals surface area contributed by atoms with Gasteiger partial charge in [0.25, 0.3) is 5.91 Å². The van der Waals surface area contributed by atoms with Crippen LogP contribution in [0, 0.1) is 13.8 Å². The maximum atomic E-state index is 14.9. The van der Waals surface area contributed by atoms with E-state index in [1.165, 1.54) is 13.8 Å².